The van der Waals surface area contributed by atoms with Gasteiger partial charge in [-0.15, -0.1) is 11.8 Å². The van der Waals surface area contributed by atoms with Gasteiger partial charge >= 0.3 is 0 Å². The van der Waals surface area contributed by atoms with E-state index >= 15 is 0 Å². The molecule has 1 aromatic rings. The summed E-state index contributed by atoms with van der Waals surface area (Å²) in [7, 11) is 0. The monoisotopic (exact) mass is 374 g/mol. The van der Waals surface area contributed by atoms with Gasteiger partial charge in [0.15, 0.2) is 5.11 Å². The lowest BCUT2D eigenvalue weighted by Gasteiger charge is -2.13. The summed E-state index contributed by atoms with van der Waals surface area (Å²) in [6.07, 6.45) is 2.62. The second kappa shape index (κ2) is 8.87. The maximum Gasteiger partial charge on any atom is 0.166 e. The maximum atomic E-state index is 5.54. The third kappa shape index (κ3) is 5.99. The summed E-state index contributed by atoms with van der Waals surface area (Å²) in [5, 5.41) is 7.15. The number of thiocarbonyl (C=S) groups is 1. The summed E-state index contributed by atoms with van der Waals surface area (Å²) >= 11 is 10.5. The van der Waals surface area contributed by atoms with E-state index in [4.69, 9.17) is 17.0 Å². The van der Waals surface area contributed by atoms with Crippen LogP contribution in [-0.4, -0.2) is 36.7 Å². The molecule has 6 heteroatoms. The Hall–Kier alpha value is -0.300. The van der Waals surface area contributed by atoms with E-state index < -0.39 is 0 Å². The molecule has 1 aromatic carbocycles. The van der Waals surface area contributed by atoms with Crippen LogP contribution < -0.4 is 10.6 Å². The van der Waals surface area contributed by atoms with E-state index in [0.29, 0.717) is 6.10 Å². The fraction of sp³-hybridized carbons (Fsp3) is 0.500. The predicted octanol–water partition coefficient (Wildman–Crippen LogP) is 3.18. The molecule has 110 valence electrons. The summed E-state index contributed by atoms with van der Waals surface area (Å²) in [6, 6.07) is 8.35. The van der Waals surface area contributed by atoms with Crippen molar-refractivity contribution in [3.63, 3.8) is 0 Å². The van der Waals surface area contributed by atoms with Crippen molar-refractivity contribution in [3.8, 4) is 0 Å². The molecule has 20 heavy (non-hydrogen) atoms. The smallest absolute Gasteiger partial charge is 0.166 e. The molecule has 1 fully saturated rings. The Kier molecular flexibility index (Phi) is 7.13. The zero-order valence-electron chi connectivity index (χ0n) is 11.2. The molecule has 1 aliphatic heterocycles. The van der Waals surface area contributed by atoms with Crippen molar-refractivity contribution in [2.75, 3.05) is 25.4 Å². The summed E-state index contributed by atoms with van der Waals surface area (Å²) < 4.78 is 6.65. The van der Waals surface area contributed by atoms with Gasteiger partial charge in [-0.25, -0.2) is 0 Å². The van der Waals surface area contributed by atoms with Crippen molar-refractivity contribution >= 4 is 45.0 Å². The highest BCUT2D eigenvalue weighted by Crippen LogP contribution is 2.19. The molecule has 0 radical (unpaired) electrons. The number of rotatable bonds is 6. The zero-order valence-corrected chi connectivity index (χ0v) is 14.5. The van der Waals surface area contributed by atoms with Crippen molar-refractivity contribution in [1.29, 1.82) is 0 Å². The van der Waals surface area contributed by atoms with Gasteiger partial charge in [0.1, 0.15) is 0 Å². The first-order valence-corrected chi connectivity index (χ1v) is 8.94. The van der Waals surface area contributed by atoms with Crippen LogP contribution in [0.2, 0.25) is 0 Å². The predicted molar refractivity (Wildman–Crippen MR) is 92.4 cm³/mol. The lowest BCUT2D eigenvalue weighted by molar-refractivity contribution is 0.114. The molecule has 0 saturated carbocycles. The normalized spacial score (nSPS) is 17.9. The van der Waals surface area contributed by atoms with Gasteiger partial charge in [0.2, 0.25) is 0 Å². The summed E-state index contributed by atoms with van der Waals surface area (Å²) in [6.45, 7) is 2.56. The van der Waals surface area contributed by atoms with Crippen molar-refractivity contribution < 1.29 is 4.74 Å². The SMILES string of the molecule is S=C(NCCSc1ccc(Br)cc1)NC[C@@H]1CCCO1. The van der Waals surface area contributed by atoms with Gasteiger partial charge in [0.05, 0.1) is 6.10 Å². The molecule has 1 aliphatic rings. The minimum Gasteiger partial charge on any atom is -0.376 e. The Morgan fingerprint density at radius 2 is 2.15 bits per heavy atom. The minimum absolute atomic E-state index is 0.326. The van der Waals surface area contributed by atoms with Gasteiger partial charge in [-0.05, 0) is 49.3 Å². The third-order valence-corrected chi connectivity index (χ3v) is 4.82. The Labute approximate surface area is 138 Å². The topological polar surface area (TPSA) is 33.3 Å². The van der Waals surface area contributed by atoms with Gasteiger partial charge in [-0.3, -0.25) is 0 Å². The quantitative estimate of drug-likeness (QED) is 0.454. The Morgan fingerprint density at radius 3 is 2.85 bits per heavy atom. The fourth-order valence-corrected chi connectivity index (χ4v) is 3.16. The van der Waals surface area contributed by atoms with E-state index in [1.807, 2.05) is 11.8 Å². The summed E-state index contributed by atoms with van der Waals surface area (Å²) in [5.41, 5.74) is 0. The van der Waals surface area contributed by atoms with Crippen LogP contribution >= 0.6 is 39.9 Å². The van der Waals surface area contributed by atoms with Crippen molar-refractivity contribution in [1.82, 2.24) is 10.6 Å². The Morgan fingerprint density at radius 1 is 1.35 bits per heavy atom. The molecule has 3 nitrogen and oxygen atoms in total. The van der Waals surface area contributed by atoms with Crippen LogP contribution in [-0.2, 0) is 4.74 Å². The summed E-state index contributed by atoms with van der Waals surface area (Å²) in [4.78, 5) is 1.27. The highest BCUT2D eigenvalue weighted by atomic mass is 79.9. The molecule has 0 aromatic heterocycles. The molecule has 2 rings (SSSR count). The molecule has 0 amide bonds. The number of nitrogens with one attached hydrogen (secondary N) is 2. The minimum atomic E-state index is 0.326. The molecule has 2 N–H and O–H groups in total. The molecule has 1 saturated heterocycles. The average molecular weight is 375 g/mol. The summed E-state index contributed by atoms with van der Waals surface area (Å²) in [5.74, 6) is 0.989. The van der Waals surface area contributed by atoms with Crippen molar-refractivity contribution in [3.05, 3.63) is 28.7 Å². The van der Waals surface area contributed by atoms with E-state index in [9.17, 15) is 0 Å². The molecule has 0 unspecified atom stereocenters. The Bertz CT molecular complexity index is 422. The van der Waals surface area contributed by atoms with E-state index in [1.165, 1.54) is 4.90 Å². The second-order valence-electron chi connectivity index (χ2n) is 4.57. The Balaban J connectivity index is 1.53. The van der Waals surface area contributed by atoms with Crippen LogP contribution in [0.4, 0.5) is 0 Å². The molecule has 0 bridgehead atoms. The van der Waals surface area contributed by atoms with Crippen LogP contribution in [0, 0.1) is 0 Å². The first kappa shape index (κ1) is 16.1. The van der Waals surface area contributed by atoms with E-state index in [2.05, 4.69) is 50.8 Å². The van der Waals surface area contributed by atoms with Crippen molar-refractivity contribution in [2.45, 2.75) is 23.8 Å². The average Bonchev–Trinajstić information content (AvgIpc) is 2.96. The number of benzene rings is 1. The first-order valence-electron chi connectivity index (χ1n) is 6.76. The largest absolute Gasteiger partial charge is 0.376 e. The molecular formula is C14H19BrN2OS2. The van der Waals surface area contributed by atoms with Crippen LogP contribution in [0.1, 0.15) is 12.8 Å². The fourth-order valence-electron chi connectivity index (χ4n) is 1.94. The van der Waals surface area contributed by atoms with E-state index in [-0.39, 0.29) is 0 Å². The number of hydrogen-bond acceptors (Lipinski definition) is 3. The first-order chi connectivity index (χ1) is 9.74. The lowest BCUT2D eigenvalue weighted by Crippen LogP contribution is -2.40. The molecule has 0 spiro atoms. The van der Waals surface area contributed by atoms with Crippen LogP contribution in [0.15, 0.2) is 33.6 Å². The van der Waals surface area contributed by atoms with Crippen LogP contribution in [0.5, 0.6) is 0 Å². The van der Waals surface area contributed by atoms with Gasteiger partial charge in [0.25, 0.3) is 0 Å². The van der Waals surface area contributed by atoms with Crippen LogP contribution in [0.25, 0.3) is 0 Å². The van der Waals surface area contributed by atoms with E-state index in [1.54, 1.807) is 0 Å². The highest BCUT2D eigenvalue weighted by Gasteiger charge is 2.14. The van der Waals surface area contributed by atoms with E-state index in [0.717, 1.165) is 47.9 Å². The highest BCUT2D eigenvalue weighted by molar-refractivity contribution is 9.10. The number of halogens is 1. The van der Waals surface area contributed by atoms with Gasteiger partial charge < -0.3 is 15.4 Å². The van der Waals surface area contributed by atoms with Crippen molar-refractivity contribution in [2.24, 2.45) is 0 Å². The maximum absolute atomic E-state index is 5.54. The number of thioether (sulfide) groups is 1. The van der Waals surface area contributed by atoms with Gasteiger partial charge in [-0.2, -0.15) is 0 Å². The third-order valence-electron chi connectivity index (χ3n) is 2.98. The lowest BCUT2D eigenvalue weighted by atomic mass is 10.2. The molecule has 1 heterocycles. The second-order valence-corrected chi connectivity index (χ2v) is 7.07. The number of hydrogen-bond donors (Lipinski definition) is 2. The van der Waals surface area contributed by atoms with Gasteiger partial charge in [-0.1, -0.05) is 15.9 Å². The molecule has 1 atom stereocenters. The standard InChI is InChI=1S/C14H19BrN2OS2/c15-11-3-5-13(6-4-11)20-9-7-16-14(19)17-10-12-2-1-8-18-12/h3-6,12H,1-2,7-10H2,(H2,16,17,19)/t12-/m0/s1. The molecular weight excluding hydrogens is 356 g/mol. The zero-order chi connectivity index (χ0) is 14.2. The van der Waals surface area contributed by atoms with Gasteiger partial charge in [0, 0.05) is 34.8 Å². The number of ether oxygens (including phenoxy) is 1. The van der Waals surface area contributed by atoms with Crippen LogP contribution in [0.3, 0.4) is 0 Å². The molecule has 0 aliphatic carbocycles.